The molecule has 0 radical (unpaired) electrons. The van der Waals surface area contributed by atoms with Crippen LogP contribution in [-0.4, -0.2) is 10.2 Å². The van der Waals surface area contributed by atoms with Gasteiger partial charge in [0.1, 0.15) is 11.5 Å². The zero-order valence-electron chi connectivity index (χ0n) is 9.75. The summed E-state index contributed by atoms with van der Waals surface area (Å²) >= 11 is 0. The van der Waals surface area contributed by atoms with Crippen molar-refractivity contribution in [2.24, 2.45) is 0 Å². The van der Waals surface area contributed by atoms with Crippen molar-refractivity contribution in [3.63, 3.8) is 0 Å². The lowest BCUT2D eigenvalue weighted by Crippen LogP contribution is -2.16. The molecule has 0 heterocycles. The molecule has 0 unspecified atom stereocenters. The predicted octanol–water partition coefficient (Wildman–Crippen LogP) is 3.57. The summed E-state index contributed by atoms with van der Waals surface area (Å²) in [6.45, 7) is 6.40. The van der Waals surface area contributed by atoms with Gasteiger partial charge in [-0.25, -0.2) is 0 Å². The minimum atomic E-state index is -0.0339. The van der Waals surface area contributed by atoms with Gasteiger partial charge in [0.25, 0.3) is 0 Å². The van der Waals surface area contributed by atoms with Gasteiger partial charge in [0.15, 0.2) is 0 Å². The maximum absolute atomic E-state index is 9.77. The normalized spacial score (nSPS) is 11.7. The van der Waals surface area contributed by atoms with E-state index < -0.39 is 0 Å². The van der Waals surface area contributed by atoms with Crippen LogP contribution in [0, 0.1) is 0 Å². The van der Waals surface area contributed by atoms with Gasteiger partial charge in [-0.3, -0.25) is 0 Å². The van der Waals surface area contributed by atoms with Gasteiger partial charge in [-0.05, 0) is 23.5 Å². The molecule has 1 aromatic rings. The highest BCUT2D eigenvalue weighted by Gasteiger charge is 2.23. The lowest BCUT2D eigenvalue weighted by molar-refractivity contribution is 0.404. The van der Waals surface area contributed by atoms with Gasteiger partial charge in [-0.2, -0.15) is 0 Å². The smallest absolute Gasteiger partial charge is 0.122 e. The first-order valence-corrected chi connectivity index (χ1v) is 5.50. The largest absolute Gasteiger partial charge is 0.508 e. The quantitative estimate of drug-likeness (QED) is 0.794. The second-order valence-corrected chi connectivity index (χ2v) is 4.69. The van der Waals surface area contributed by atoms with Crippen molar-refractivity contribution in [2.75, 3.05) is 0 Å². The molecule has 0 spiro atoms. The molecule has 1 rings (SSSR count). The third-order valence-electron chi connectivity index (χ3n) is 2.87. The highest BCUT2D eigenvalue weighted by atomic mass is 16.3. The highest BCUT2D eigenvalue weighted by Crippen LogP contribution is 2.36. The number of phenolic OH excluding ortho intramolecular Hbond substituents is 2. The topological polar surface area (TPSA) is 40.5 Å². The Morgan fingerprint density at radius 2 is 1.87 bits per heavy atom. The summed E-state index contributed by atoms with van der Waals surface area (Å²) in [4.78, 5) is 0. The van der Waals surface area contributed by atoms with Crippen LogP contribution in [0.3, 0.4) is 0 Å². The Balaban J connectivity index is 2.93. The van der Waals surface area contributed by atoms with E-state index in [0.29, 0.717) is 0 Å². The molecule has 1 aromatic carbocycles. The Kier molecular flexibility index (Phi) is 3.61. The summed E-state index contributed by atoms with van der Waals surface area (Å²) < 4.78 is 0. The summed E-state index contributed by atoms with van der Waals surface area (Å²) in [5, 5.41) is 19.0. The number of aromatic hydroxyl groups is 2. The molecule has 0 fully saturated rings. The summed E-state index contributed by atoms with van der Waals surface area (Å²) in [5.41, 5.74) is 0.877. The number of rotatable bonds is 4. The minimum Gasteiger partial charge on any atom is -0.508 e. The molecular weight excluding hydrogens is 188 g/mol. The molecule has 0 atom stereocenters. The third kappa shape index (κ3) is 2.88. The third-order valence-corrected chi connectivity index (χ3v) is 2.87. The van der Waals surface area contributed by atoms with E-state index in [1.54, 1.807) is 12.1 Å². The van der Waals surface area contributed by atoms with E-state index >= 15 is 0 Å². The van der Waals surface area contributed by atoms with Crippen molar-refractivity contribution in [2.45, 2.75) is 45.4 Å². The zero-order chi connectivity index (χ0) is 11.5. The molecule has 0 aliphatic rings. The number of phenols is 2. The van der Waals surface area contributed by atoms with Crippen molar-refractivity contribution < 1.29 is 10.2 Å². The SMILES string of the molecule is CCCCC(C)(C)c1ccc(O)cc1O. The standard InChI is InChI=1S/C13H20O2/c1-4-5-8-13(2,3)11-7-6-10(14)9-12(11)15/h6-7,9,14-15H,4-5,8H2,1-3H3. The van der Waals surface area contributed by atoms with Gasteiger partial charge in [0.2, 0.25) is 0 Å². The van der Waals surface area contributed by atoms with Crippen LogP contribution in [0.1, 0.15) is 45.6 Å². The summed E-state index contributed by atoms with van der Waals surface area (Å²) in [6.07, 6.45) is 3.34. The second-order valence-electron chi connectivity index (χ2n) is 4.69. The Morgan fingerprint density at radius 1 is 1.20 bits per heavy atom. The minimum absolute atomic E-state index is 0.0339. The predicted molar refractivity (Wildman–Crippen MR) is 62.3 cm³/mol. The average molecular weight is 208 g/mol. The van der Waals surface area contributed by atoms with Crippen molar-refractivity contribution in [1.29, 1.82) is 0 Å². The number of unbranched alkanes of at least 4 members (excludes halogenated alkanes) is 1. The first-order chi connectivity index (χ1) is 6.97. The monoisotopic (exact) mass is 208 g/mol. The van der Waals surface area contributed by atoms with Gasteiger partial charge < -0.3 is 10.2 Å². The average Bonchev–Trinajstić information content (AvgIpc) is 2.14. The number of hydrogen-bond acceptors (Lipinski definition) is 2. The molecule has 0 saturated heterocycles. The van der Waals surface area contributed by atoms with Crippen LogP contribution < -0.4 is 0 Å². The lowest BCUT2D eigenvalue weighted by atomic mass is 9.79. The Bertz CT molecular complexity index is 329. The maximum atomic E-state index is 9.77. The molecule has 2 nitrogen and oxygen atoms in total. The van der Waals surface area contributed by atoms with E-state index in [0.717, 1.165) is 24.8 Å². The summed E-state index contributed by atoms with van der Waals surface area (Å²) in [5.74, 6) is 0.304. The van der Waals surface area contributed by atoms with Crippen LogP contribution in [0.2, 0.25) is 0 Å². The van der Waals surface area contributed by atoms with E-state index in [1.165, 1.54) is 6.07 Å². The first-order valence-electron chi connectivity index (χ1n) is 5.50. The highest BCUT2D eigenvalue weighted by molar-refractivity contribution is 5.42. The lowest BCUT2D eigenvalue weighted by Gasteiger charge is -2.26. The molecule has 0 saturated carbocycles. The summed E-state index contributed by atoms with van der Waals surface area (Å²) in [7, 11) is 0. The Labute approximate surface area is 91.6 Å². The van der Waals surface area contributed by atoms with Gasteiger partial charge in [0.05, 0.1) is 0 Å². The zero-order valence-corrected chi connectivity index (χ0v) is 9.75. The molecule has 84 valence electrons. The maximum Gasteiger partial charge on any atom is 0.122 e. The van der Waals surface area contributed by atoms with Crippen LogP contribution >= 0.6 is 0 Å². The van der Waals surface area contributed by atoms with Crippen molar-refractivity contribution in [3.05, 3.63) is 23.8 Å². The van der Waals surface area contributed by atoms with Crippen molar-refractivity contribution >= 4 is 0 Å². The molecule has 0 aromatic heterocycles. The van der Waals surface area contributed by atoms with Gasteiger partial charge in [0, 0.05) is 6.07 Å². The van der Waals surface area contributed by atoms with Crippen LogP contribution in [0.15, 0.2) is 18.2 Å². The molecule has 15 heavy (non-hydrogen) atoms. The number of hydrogen-bond donors (Lipinski definition) is 2. The van der Waals surface area contributed by atoms with E-state index in [-0.39, 0.29) is 16.9 Å². The van der Waals surface area contributed by atoms with E-state index in [9.17, 15) is 10.2 Å². The molecule has 0 aliphatic heterocycles. The fourth-order valence-corrected chi connectivity index (χ4v) is 1.85. The second kappa shape index (κ2) is 4.56. The van der Waals surface area contributed by atoms with Crippen LogP contribution in [0.25, 0.3) is 0 Å². The first kappa shape index (κ1) is 11.9. The van der Waals surface area contributed by atoms with E-state index in [2.05, 4.69) is 20.8 Å². The fraction of sp³-hybridized carbons (Fsp3) is 0.538. The molecule has 2 N–H and O–H groups in total. The molecule has 2 heteroatoms. The van der Waals surface area contributed by atoms with Crippen LogP contribution in [-0.2, 0) is 5.41 Å². The van der Waals surface area contributed by atoms with E-state index in [4.69, 9.17) is 0 Å². The van der Waals surface area contributed by atoms with E-state index in [1.807, 2.05) is 0 Å². The van der Waals surface area contributed by atoms with Crippen molar-refractivity contribution in [1.82, 2.24) is 0 Å². The molecule has 0 bridgehead atoms. The number of benzene rings is 1. The molecule has 0 aliphatic carbocycles. The fourth-order valence-electron chi connectivity index (χ4n) is 1.85. The Morgan fingerprint density at radius 3 is 2.40 bits per heavy atom. The van der Waals surface area contributed by atoms with Gasteiger partial charge >= 0.3 is 0 Å². The van der Waals surface area contributed by atoms with Gasteiger partial charge in [-0.1, -0.05) is 39.7 Å². The Hall–Kier alpha value is -1.18. The van der Waals surface area contributed by atoms with Crippen LogP contribution in [0.4, 0.5) is 0 Å². The molecule has 0 amide bonds. The summed E-state index contributed by atoms with van der Waals surface area (Å²) in [6, 6.07) is 4.84. The molecular formula is C13H20O2. The van der Waals surface area contributed by atoms with Crippen LogP contribution in [0.5, 0.6) is 11.5 Å². The van der Waals surface area contributed by atoms with Crippen molar-refractivity contribution in [3.8, 4) is 11.5 Å². The van der Waals surface area contributed by atoms with Gasteiger partial charge in [-0.15, -0.1) is 0 Å².